The van der Waals surface area contributed by atoms with E-state index in [2.05, 4.69) is 17.6 Å². The smallest absolute Gasteiger partial charge is 0.314 e. The molecule has 0 aromatic rings. The maximum atomic E-state index is 11.4. The van der Waals surface area contributed by atoms with Crippen LogP contribution in [0.15, 0.2) is 0 Å². The lowest BCUT2D eigenvalue weighted by Gasteiger charge is -2.28. The summed E-state index contributed by atoms with van der Waals surface area (Å²) in [7, 11) is 0. The number of urea groups is 1. The molecule has 15 heavy (non-hydrogen) atoms. The fourth-order valence-electron chi connectivity index (χ4n) is 2.23. The number of rotatable bonds is 3. The Morgan fingerprint density at radius 1 is 1.33 bits per heavy atom. The van der Waals surface area contributed by atoms with Gasteiger partial charge >= 0.3 is 6.03 Å². The molecule has 3 heteroatoms. The predicted octanol–water partition coefficient (Wildman–Crippen LogP) is 2.52. The highest BCUT2D eigenvalue weighted by Gasteiger charge is 2.21. The molecule has 0 radical (unpaired) electrons. The summed E-state index contributed by atoms with van der Waals surface area (Å²) >= 11 is 0. The van der Waals surface area contributed by atoms with Gasteiger partial charge in [-0.3, -0.25) is 0 Å². The average Bonchev–Trinajstić information content (AvgIpc) is 2.15. The molecule has 1 saturated carbocycles. The number of carbonyl (C=O) groups is 1. The van der Waals surface area contributed by atoms with Gasteiger partial charge < -0.3 is 10.6 Å². The zero-order valence-corrected chi connectivity index (χ0v) is 10.2. The molecule has 1 fully saturated rings. The van der Waals surface area contributed by atoms with Gasteiger partial charge in [-0.1, -0.05) is 26.2 Å². The summed E-state index contributed by atoms with van der Waals surface area (Å²) < 4.78 is 0. The minimum absolute atomic E-state index is 0.0252. The van der Waals surface area contributed by atoms with E-state index in [-0.39, 0.29) is 12.1 Å². The zero-order chi connectivity index (χ0) is 11.3. The van der Waals surface area contributed by atoms with Crippen LogP contribution in [-0.4, -0.2) is 18.6 Å². The van der Waals surface area contributed by atoms with Gasteiger partial charge in [0.05, 0.1) is 0 Å². The second-order valence-electron chi connectivity index (χ2n) is 5.03. The highest BCUT2D eigenvalue weighted by molar-refractivity contribution is 5.74. The highest BCUT2D eigenvalue weighted by Crippen LogP contribution is 2.28. The van der Waals surface area contributed by atoms with Crippen LogP contribution in [0.2, 0.25) is 0 Å². The van der Waals surface area contributed by atoms with Crippen molar-refractivity contribution < 1.29 is 4.79 Å². The number of hydrogen-bond donors (Lipinski definition) is 2. The van der Waals surface area contributed by atoms with Crippen LogP contribution in [0.1, 0.15) is 46.5 Å². The molecule has 0 spiro atoms. The molecule has 88 valence electrons. The van der Waals surface area contributed by atoms with E-state index in [0.29, 0.717) is 5.92 Å². The number of amides is 2. The predicted molar refractivity (Wildman–Crippen MR) is 62.8 cm³/mol. The third-order valence-corrected chi connectivity index (χ3v) is 3.23. The lowest BCUT2D eigenvalue weighted by atomic mass is 9.80. The first-order valence-corrected chi connectivity index (χ1v) is 6.14. The third kappa shape index (κ3) is 4.54. The second kappa shape index (κ2) is 5.99. The van der Waals surface area contributed by atoms with Crippen molar-refractivity contribution in [2.24, 2.45) is 11.8 Å². The maximum Gasteiger partial charge on any atom is 0.314 e. The largest absolute Gasteiger partial charge is 0.338 e. The first-order valence-electron chi connectivity index (χ1n) is 6.14. The molecule has 2 unspecified atom stereocenters. The Balaban J connectivity index is 2.20. The van der Waals surface area contributed by atoms with Gasteiger partial charge in [0, 0.05) is 12.6 Å². The van der Waals surface area contributed by atoms with Crippen LogP contribution in [0.25, 0.3) is 0 Å². The van der Waals surface area contributed by atoms with Crippen molar-refractivity contribution in [2.45, 2.75) is 52.5 Å². The zero-order valence-electron chi connectivity index (χ0n) is 10.2. The van der Waals surface area contributed by atoms with Crippen molar-refractivity contribution in [1.29, 1.82) is 0 Å². The molecular weight excluding hydrogens is 188 g/mol. The Morgan fingerprint density at radius 3 is 2.60 bits per heavy atom. The second-order valence-corrected chi connectivity index (χ2v) is 5.03. The molecule has 0 heterocycles. The highest BCUT2D eigenvalue weighted by atomic mass is 16.2. The normalized spacial score (nSPS) is 26.4. The molecule has 1 rings (SSSR count). The summed E-state index contributed by atoms with van der Waals surface area (Å²) in [6.45, 7) is 7.08. The molecule has 2 atom stereocenters. The summed E-state index contributed by atoms with van der Waals surface area (Å²) in [5.74, 6) is 1.44. The van der Waals surface area contributed by atoms with E-state index in [0.717, 1.165) is 12.5 Å². The topological polar surface area (TPSA) is 41.1 Å². The van der Waals surface area contributed by atoms with Gasteiger partial charge in [-0.25, -0.2) is 4.79 Å². The molecule has 1 aliphatic rings. The maximum absolute atomic E-state index is 11.4. The molecule has 3 nitrogen and oxygen atoms in total. The van der Waals surface area contributed by atoms with Crippen molar-refractivity contribution >= 4 is 6.03 Å². The van der Waals surface area contributed by atoms with Gasteiger partial charge in [0.1, 0.15) is 0 Å². The first kappa shape index (κ1) is 12.3. The van der Waals surface area contributed by atoms with Crippen molar-refractivity contribution in [3.05, 3.63) is 0 Å². The Bertz CT molecular complexity index is 204. The van der Waals surface area contributed by atoms with Crippen LogP contribution in [-0.2, 0) is 0 Å². The summed E-state index contributed by atoms with van der Waals surface area (Å²) in [4.78, 5) is 11.4. The molecular formula is C12H24N2O. The minimum atomic E-state index is -0.0252. The van der Waals surface area contributed by atoms with E-state index in [1.54, 1.807) is 0 Å². The minimum Gasteiger partial charge on any atom is -0.338 e. The van der Waals surface area contributed by atoms with Crippen molar-refractivity contribution in [3.8, 4) is 0 Å². The lowest BCUT2D eigenvalue weighted by molar-refractivity contribution is 0.222. The van der Waals surface area contributed by atoms with E-state index in [1.165, 1.54) is 25.7 Å². The molecule has 0 aromatic heterocycles. The lowest BCUT2D eigenvalue weighted by Crippen LogP contribution is -2.42. The van der Waals surface area contributed by atoms with Gasteiger partial charge in [0.15, 0.2) is 0 Å². The molecule has 2 N–H and O–H groups in total. The van der Waals surface area contributed by atoms with Gasteiger partial charge in [0.2, 0.25) is 0 Å². The Hall–Kier alpha value is -0.730. The van der Waals surface area contributed by atoms with E-state index in [4.69, 9.17) is 0 Å². The van der Waals surface area contributed by atoms with Crippen LogP contribution in [0.3, 0.4) is 0 Å². The Labute approximate surface area is 93.0 Å². The van der Waals surface area contributed by atoms with E-state index in [1.807, 2.05) is 13.8 Å². The Kier molecular flexibility index (Phi) is 4.92. The van der Waals surface area contributed by atoms with Crippen LogP contribution < -0.4 is 10.6 Å². The standard InChI is InChI=1S/C12H24N2O/c1-9(2)14-12(15)13-8-11-7-5-4-6-10(11)3/h9-11H,4-8H2,1-3H3,(H2,13,14,15). The third-order valence-electron chi connectivity index (χ3n) is 3.23. The van der Waals surface area contributed by atoms with E-state index in [9.17, 15) is 4.79 Å². The van der Waals surface area contributed by atoms with Crippen molar-refractivity contribution in [3.63, 3.8) is 0 Å². The van der Waals surface area contributed by atoms with Crippen molar-refractivity contribution in [2.75, 3.05) is 6.54 Å². The van der Waals surface area contributed by atoms with Gasteiger partial charge in [-0.15, -0.1) is 0 Å². The molecule has 1 aliphatic carbocycles. The quantitative estimate of drug-likeness (QED) is 0.741. The van der Waals surface area contributed by atoms with Gasteiger partial charge in [-0.2, -0.15) is 0 Å². The van der Waals surface area contributed by atoms with E-state index < -0.39 is 0 Å². The first-order chi connectivity index (χ1) is 7.09. The van der Waals surface area contributed by atoms with Gasteiger partial charge in [0.25, 0.3) is 0 Å². The average molecular weight is 212 g/mol. The SMILES string of the molecule is CC(C)NC(=O)NCC1CCCCC1C. The molecule has 2 amide bonds. The van der Waals surface area contributed by atoms with Crippen molar-refractivity contribution in [1.82, 2.24) is 10.6 Å². The fourth-order valence-corrected chi connectivity index (χ4v) is 2.23. The molecule has 0 bridgehead atoms. The monoisotopic (exact) mass is 212 g/mol. The number of hydrogen-bond acceptors (Lipinski definition) is 1. The summed E-state index contributed by atoms with van der Waals surface area (Å²) in [5.41, 5.74) is 0. The summed E-state index contributed by atoms with van der Waals surface area (Å²) in [6.07, 6.45) is 5.26. The summed E-state index contributed by atoms with van der Waals surface area (Å²) in [5, 5.41) is 5.81. The number of carbonyl (C=O) groups excluding carboxylic acids is 1. The van der Waals surface area contributed by atoms with Crippen LogP contribution in [0.4, 0.5) is 4.79 Å². The van der Waals surface area contributed by atoms with Crippen LogP contribution >= 0.6 is 0 Å². The van der Waals surface area contributed by atoms with Crippen LogP contribution in [0.5, 0.6) is 0 Å². The van der Waals surface area contributed by atoms with E-state index >= 15 is 0 Å². The Morgan fingerprint density at radius 2 is 2.00 bits per heavy atom. The molecule has 0 aliphatic heterocycles. The molecule has 0 aromatic carbocycles. The molecule has 0 saturated heterocycles. The number of nitrogens with one attached hydrogen (secondary N) is 2. The van der Waals surface area contributed by atoms with Crippen LogP contribution in [0, 0.1) is 11.8 Å². The fraction of sp³-hybridized carbons (Fsp3) is 0.917. The van der Waals surface area contributed by atoms with Gasteiger partial charge in [-0.05, 0) is 32.1 Å². The summed E-state index contributed by atoms with van der Waals surface area (Å²) in [6, 6.07) is 0.191.